The molecule has 2 aromatic carbocycles. The highest BCUT2D eigenvalue weighted by Crippen LogP contribution is 2.22. The van der Waals surface area contributed by atoms with E-state index >= 15 is 0 Å². The molecule has 1 N–H and O–H groups in total. The van der Waals surface area contributed by atoms with Crippen LogP contribution in [0.3, 0.4) is 0 Å². The van der Waals surface area contributed by atoms with Gasteiger partial charge in [-0.2, -0.15) is 32.0 Å². The highest BCUT2D eigenvalue weighted by molar-refractivity contribution is 6.02. The van der Waals surface area contributed by atoms with Crippen LogP contribution in [0.15, 0.2) is 96.6 Å². The molecule has 0 fully saturated rings. The van der Waals surface area contributed by atoms with Crippen LogP contribution in [0.2, 0.25) is 0 Å². The van der Waals surface area contributed by atoms with Crippen molar-refractivity contribution in [3.63, 3.8) is 0 Å². The van der Waals surface area contributed by atoms with E-state index in [2.05, 4.69) is 135 Å². The lowest BCUT2D eigenvalue weighted by molar-refractivity contribution is -1.92. The second kappa shape index (κ2) is 12.9. The number of benzene rings is 2. The lowest BCUT2D eigenvalue weighted by atomic mass is 9.97. The maximum Gasteiger partial charge on any atom is 0.199 e. The van der Waals surface area contributed by atoms with Crippen LogP contribution in [0.4, 0.5) is 5.69 Å². The van der Waals surface area contributed by atoms with E-state index in [1.807, 2.05) is 0 Å². The molecule has 0 aromatic heterocycles. The zero-order valence-electron chi connectivity index (χ0n) is 19.9. The Kier molecular flexibility index (Phi) is 10.3. The van der Waals surface area contributed by atoms with Crippen LogP contribution in [-0.4, -0.2) is 43.1 Å². The molecule has 7 heteroatoms. The SMILES string of the molecule is CN(C)c1ccc(C[CH-]/C(=C/C=C2C=CC(=[N+](C)C)C=C2)c2ccccc2)cc1.[O-][Cl+3]([O-])([O-])O. The summed E-state index contributed by atoms with van der Waals surface area (Å²) in [6, 6.07) is 19.3. The van der Waals surface area contributed by atoms with E-state index in [0.717, 1.165) is 6.42 Å². The van der Waals surface area contributed by atoms with Crippen molar-refractivity contribution in [3.05, 3.63) is 114 Å². The largest absolute Gasteiger partial charge is 0.378 e. The van der Waals surface area contributed by atoms with E-state index in [0.29, 0.717) is 0 Å². The average molecular weight is 483 g/mol. The molecule has 0 bridgehead atoms. The third-order valence-electron chi connectivity index (χ3n) is 4.98. The molecule has 0 atom stereocenters. The molecule has 0 unspecified atom stereocenters. The Bertz CT molecular complexity index is 1050. The highest BCUT2D eigenvalue weighted by atomic mass is 35.7. The van der Waals surface area contributed by atoms with Crippen LogP contribution in [0.5, 0.6) is 0 Å². The first-order valence-electron chi connectivity index (χ1n) is 10.6. The quantitative estimate of drug-likeness (QED) is 0.493. The van der Waals surface area contributed by atoms with Gasteiger partial charge in [0.2, 0.25) is 0 Å². The average Bonchev–Trinajstić information content (AvgIpc) is 2.79. The molecule has 0 heterocycles. The standard InChI is InChI=1S/C27H30N2.ClHO4/c1-28(2)26-18-12-22(13-19-26)10-16-25(24-8-6-5-7-9-24)17-11-23-14-20-27(21-15-23)29(3)4;2-1(3,4)5/h5-10,12-21H,11H2,1-4H3;(H,2,3,4,5)/b25-16-;. The second-order valence-corrected chi connectivity index (χ2v) is 8.80. The molecule has 0 radical (unpaired) electrons. The number of anilines is 1. The molecule has 3 rings (SSSR count). The second-order valence-electron chi connectivity index (χ2n) is 8.01. The van der Waals surface area contributed by atoms with Gasteiger partial charge in [0.05, 0.1) is 14.9 Å². The Morgan fingerprint density at radius 1 is 0.941 bits per heavy atom. The predicted octanol–water partition coefficient (Wildman–Crippen LogP) is 1.22. The van der Waals surface area contributed by atoms with E-state index in [9.17, 15) is 0 Å². The lowest BCUT2D eigenvalue weighted by Gasteiger charge is -2.18. The Hall–Kier alpha value is -3.13. The van der Waals surface area contributed by atoms with Crippen LogP contribution in [0.25, 0.3) is 5.57 Å². The van der Waals surface area contributed by atoms with Crippen LogP contribution in [0, 0.1) is 16.7 Å². The van der Waals surface area contributed by atoms with Gasteiger partial charge < -0.3 is 4.90 Å². The number of rotatable bonds is 6. The Morgan fingerprint density at radius 3 is 2.00 bits per heavy atom. The van der Waals surface area contributed by atoms with Crippen molar-refractivity contribution >= 4 is 17.0 Å². The van der Waals surface area contributed by atoms with Crippen LogP contribution >= 0.6 is 0 Å². The fourth-order valence-corrected chi connectivity index (χ4v) is 3.14. The molecule has 0 spiro atoms. The zero-order valence-corrected chi connectivity index (χ0v) is 20.6. The van der Waals surface area contributed by atoms with Crippen molar-refractivity contribution in [2.45, 2.75) is 6.42 Å². The normalized spacial score (nSPS) is 13.2. The van der Waals surface area contributed by atoms with Gasteiger partial charge in [-0.05, 0) is 29.9 Å². The molecule has 34 heavy (non-hydrogen) atoms. The minimum atomic E-state index is -4.69. The fourth-order valence-electron chi connectivity index (χ4n) is 3.14. The topological polar surface area (TPSA) is 95.7 Å². The molecule has 0 saturated heterocycles. The van der Waals surface area contributed by atoms with Gasteiger partial charge in [0, 0.05) is 31.9 Å². The summed E-state index contributed by atoms with van der Waals surface area (Å²) in [6.45, 7) is 0. The molecular weight excluding hydrogens is 452 g/mol. The molecule has 1 aliphatic carbocycles. The van der Waals surface area contributed by atoms with Crippen molar-refractivity contribution in [2.24, 2.45) is 0 Å². The maximum absolute atomic E-state index is 8.60. The number of nitrogens with zero attached hydrogens (tertiary/aromatic N) is 2. The molecule has 6 nitrogen and oxygen atoms in total. The number of hydrogen-bond donors (Lipinski definition) is 1. The Balaban J connectivity index is 0.000000739. The first-order valence-corrected chi connectivity index (χ1v) is 11.9. The van der Waals surface area contributed by atoms with Crippen LogP contribution < -0.4 is 18.9 Å². The van der Waals surface area contributed by atoms with Crippen molar-refractivity contribution in [1.82, 2.24) is 0 Å². The minimum absolute atomic E-state index is 0.905. The van der Waals surface area contributed by atoms with E-state index in [1.54, 1.807) is 0 Å². The minimum Gasteiger partial charge on any atom is -0.378 e. The van der Waals surface area contributed by atoms with E-state index in [1.165, 1.54) is 33.7 Å². The molecular formula is C27H31ClN2O4. The summed E-state index contributed by atoms with van der Waals surface area (Å²) in [5.41, 5.74) is 7.42. The van der Waals surface area contributed by atoms with Gasteiger partial charge in [0.15, 0.2) is 5.71 Å². The van der Waals surface area contributed by atoms with Crippen molar-refractivity contribution < 1.29 is 33.5 Å². The van der Waals surface area contributed by atoms with Crippen LogP contribution in [-0.2, 0) is 6.42 Å². The Morgan fingerprint density at radius 2 is 1.50 bits per heavy atom. The van der Waals surface area contributed by atoms with Gasteiger partial charge in [-0.15, -0.1) is 23.8 Å². The molecule has 180 valence electrons. The summed E-state index contributed by atoms with van der Waals surface area (Å²) in [5, 5.41) is 0. The summed E-state index contributed by atoms with van der Waals surface area (Å²) >= 11 is 0. The number of halogens is 1. The van der Waals surface area contributed by atoms with E-state index in [-0.39, 0.29) is 0 Å². The van der Waals surface area contributed by atoms with Crippen molar-refractivity contribution in [1.29, 1.82) is 0 Å². The summed E-state index contributed by atoms with van der Waals surface area (Å²) in [5.74, 6) is 0. The Labute approximate surface area is 204 Å². The molecule has 0 aliphatic heterocycles. The van der Waals surface area contributed by atoms with E-state index in [4.69, 9.17) is 18.6 Å². The molecule has 1 aliphatic rings. The first kappa shape index (κ1) is 27.1. The predicted molar refractivity (Wildman–Crippen MR) is 129 cm³/mol. The number of allylic oxidation sites excluding steroid dienone is 8. The van der Waals surface area contributed by atoms with Gasteiger partial charge in [-0.3, -0.25) is 0 Å². The monoisotopic (exact) mass is 482 g/mol. The third kappa shape index (κ3) is 10.2. The summed E-state index contributed by atoms with van der Waals surface area (Å²) in [6.07, 6.45) is 16.2. The summed E-state index contributed by atoms with van der Waals surface area (Å²) in [4.78, 5) is 2.12. The summed E-state index contributed by atoms with van der Waals surface area (Å²) < 4.78 is 34.8. The lowest BCUT2D eigenvalue weighted by Crippen LogP contribution is -2.58. The van der Waals surface area contributed by atoms with Gasteiger partial charge in [0.1, 0.15) is 14.1 Å². The first-order chi connectivity index (χ1) is 16.0. The van der Waals surface area contributed by atoms with Gasteiger partial charge >= 0.3 is 0 Å². The highest BCUT2D eigenvalue weighted by Gasteiger charge is 2.03. The van der Waals surface area contributed by atoms with Crippen molar-refractivity contribution in [3.8, 4) is 0 Å². The number of hydrogen-bond acceptors (Lipinski definition) is 5. The van der Waals surface area contributed by atoms with Gasteiger partial charge in [-0.1, -0.05) is 42.3 Å². The van der Waals surface area contributed by atoms with Crippen LogP contribution in [0.1, 0.15) is 11.1 Å². The molecule has 2 aromatic rings. The molecule has 0 saturated carbocycles. The van der Waals surface area contributed by atoms with Gasteiger partial charge in [-0.25, -0.2) is 4.58 Å². The van der Waals surface area contributed by atoms with Gasteiger partial charge in [0.25, 0.3) is 0 Å². The maximum atomic E-state index is 8.60. The molecule has 0 amide bonds. The fraction of sp³-hybridized carbons (Fsp3) is 0.185. The smallest absolute Gasteiger partial charge is 0.199 e. The zero-order chi connectivity index (χ0) is 25.1. The van der Waals surface area contributed by atoms with E-state index < -0.39 is 10.2 Å². The van der Waals surface area contributed by atoms with Crippen molar-refractivity contribution in [2.75, 3.05) is 33.1 Å². The third-order valence-corrected chi connectivity index (χ3v) is 4.98. The summed E-state index contributed by atoms with van der Waals surface area (Å²) in [7, 11) is 3.56.